The van der Waals surface area contributed by atoms with Gasteiger partial charge in [-0.1, -0.05) is 57.2 Å². The largest absolute Gasteiger partial charge is 0.544 e. The highest BCUT2D eigenvalue weighted by molar-refractivity contribution is 6.74. The summed E-state index contributed by atoms with van der Waals surface area (Å²) in [6.07, 6.45) is 4.87. The summed E-state index contributed by atoms with van der Waals surface area (Å²) in [6.45, 7) is 11.7. The van der Waals surface area contributed by atoms with Crippen LogP contribution in [0.3, 0.4) is 0 Å². The van der Waals surface area contributed by atoms with Gasteiger partial charge in [0, 0.05) is 19.0 Å². The summed E-state index contributed by atoms with van der Waals surface area (Å²) in [5.74, 6) is 1.04. The standard InChI is InChI=1S/C39H47FN4O5Si/c1-39(2,3)50(4,5)49-30-18-16-29(17-19-30)34-26-44-36(32(42-34)24-27-13-9-8-10-14-27)43-33(37(44)45)25-28-15-20-35(31(40)23-28)47-21-11-6-7-12-22-48-38(41)46/h8-10,13-20,23,26,42H,6-7,11-12,21-22,24-25H2,1-5H3,(H2,41,46). The molecule has 0 fully saturated rings. The fourth-order valence-electron chi connectivity index (χ4n) is 5.39. The molecule has 1 amide bonds. The van der Waals surface area contributed by atoms with Crippen molar-refractivity contribution in [1.82, 2.24) is 14.5 Å². The molecule has 0 saturated heterocycles. The Bertz CT molecular complexity index is 1920. The van der Waals surface area contributed by atoms with Gasteiger partial charge in [0.15, 0.2) is 17.4 Å². The number of nitrogens with one attached hydrogen (secondary N) is 1. The van der Waals surface area contributed by atoms with Crippen molar-refractivity contribution in [2.24, 2.45) is 5.73 Å². The number of carbonyl (C=O) groups is 1. The maximum atomic E-state index is 15.0. The van der Waals surface area contributed by atoms with Gasteiger partial charge in [-0.2, -0.15) is 0 Å². The van der Waals surface area contributed by atoms with Gasteiger partial charge < -0.3 is 24.6 Å². The molecule has 2 heterocycles. The fourth-order valence-corrected chi connectivity index (χ4v) is 6.42. The van der Waals surface area contributed by atoms with Crippen LogP contribution in [0.2, 0.25) is 18.1 Å². The van der Waals surface area contributed by atoms with E-state index in [1.807, 2.05) is 54.6 Å². The summed E-state index contributed by atoms with van der Waals surface area (Å²) in [5, 5.41) is 0.0782. The molecule has 3 N–H and O–H groups in total. The number of H-pyrrole nitrogens is 1. The van der Waals surface area contributed by atoms with Crippen molar-refractivity contribution < 1.29 is 23.1 Å². The number of fused-ring (bicyclic) bond motifs is 1. The molecule has 5 rings (SSSR count). The number of nitrogens with two attached hydrogens (primary N) is 1. The summed E-state index contributed by atoms with van der Waals surface area (Å²) in [4.78, 5) is 32.8. The van der Waals surface area contributed by atoms with E-state index >= 15 is 4.39 Å². The second-order valence-corrected chi connectivity index (χ2v) is 18.8. The number of amides is 1. The third-order valence-corrected chi connectivity index (χ3v) is 13.6. The van der Waals surface area contributed by atoms with E-state index in [9.17, 15) is 9.59 Å². The van der Waals surface area contributed by atoms with E-state index in [4.69, 9.17) is 24.6 Å². The van der Waals surface area contributed by atoms with E-state index in [1.54, 1.807) is 22.9 Å². The van der Waals surface area contributed by atoms with Gasteiger partial charge in [-0.15, -0.1) is 0 Å². The lowest BCUT2D eigenvalue weighted by Gasteiger charge is -2.36. The molecule has 0 unspecified atom stereocenters. The van der Waals surface area contributed by atoms with Gasteiger partial charge >= 0.3 is 6.09 Å². The van der Waals surface area contributed by atoms with Crippen LogP contribution in [0.4, 0.5) is 9.18 Å². The number of carbonyl (C=O) groups excluding carboxylic acids is 1. The zero-order valence-corrected chi connectivity index (χ0v) is 30.6. The molecule has 0 spiro atoms. The van der Waals surface area contributed by atoms with Crippen molar-refractivity contribution in [3.8, 4) is 28.6 Å². The molecule has 11 heteroatoms. The predicted molar refractivity (Wildman–Crippen MR) is 197 cm³/mol. The molecular formula is C39H47FN4O5Si. The molecule has 0 bridgehead atoms. The zero-order chi connectivity index (χ0) is 35.9. The Kier molecular flexibility index (Phi) is 11.5. The molecule has 0 aromatic heterocycles. The smallest absolute Gasteiger partial charge is 0.404 e. The summed E-state index contributed by atoms with van der Waals surface area (Å²) < 4.78 is 33.5. The Morgan fingerprint density at radius 2 is 1.62 bits per heavy atom. The summed E-state index contributed by atoms with van der Waals surface area (Å²) in [6, 6.07) is 22.7. The minimum atomic E-state index is -2.00. The number of aromatic amines is 1. The van der Waals surface area contributed by atoms with Crippen LogP contribution < -0.4 is 20.5 Å². The molecular weight excluding hydrogens is 652 g/mol. The number of hydrogen-bond donors (Lipinski definition) is 2. The number of rotatable bonds is 15. The number of aromatic nitrogens is 3. The van der Waals surface area contributed by atoms with Crippen LogP contribution in [0.1, 0.15) is 69.0 Å². The summed E-state index contributed by atoms with van der Waals surface area (Å²) >= 11 is 0. The van der Waals surface area contributed by atoms with Crippen LogP contribution in [-0.2, 0) is 17.6 Å². The van der Waals surface area contributed by atoms with E-state index in [0.29, 0.717) is 43.1 Å². The van der Waals surface area contributed by atoms with E-state index in [2.05, 4.69) is 38.8 Å². The number of nitrogens with zero attached hydrogens (tertiary/aromatic N) is 2. The van der Waals surface area contributed by atoms with Crippen LogP contribution in [0, 0.1) is 5.82 Å². The van der Waals surface area contributed by atoms with Gasteiger partial charge in [-0.05, 0) is 96.9 Å². The fraction of sp³-hybridized carbons (Fsp3) is 0.359. The first-order chi connectivity index (χ1) is 23.8. The van der Waals surface area contributed by atoms with Crippen LogP contribution in [0.25, 0.3) is 17.1 Å². The molecule has 0 saturated carbocycles. The molecule has 0 atom stereocenters. The van der Waals surface area contributed by atoms with Crippen molar-refractivity contribution in [2.45, 2.75) is 77.4 Å². The van der Waals surface area contributed by atoms with Gasteiger partial charge in [0.2, 0.25) is 8.32 Å². The van der Waals surface area contributed by atoms with Crippen LogP contribution in [-0.4, -0.2) is 42.2 Å². The third-order valence-electron chi connectivity index (χ3n) is 9.23. The molecule has 3 aromatic carbocycles. The molecule has 2 aliphatic heterocycles. The average molecular weight is 699 g/mol. The summed E-state index contributed by atoms with van der Waals surface area (Å²) in [5.41, 5.74) is 9.22. The normalized spacial score (nSPS) is 11.9. The third kappa shape index (κ3) is 9.20. The van der Waals surface area contributed by atoms with Gasteiger partial charge in [-0.25, -0.2) is 14.2 Å². The topological polar surface area (TPSA) is 121 Å². The first-order valence-corrected chi connectivity index (χ1v) is 20.0. The molecule has 264 valence electrons. The van der Waals surface area contributed by atoms with Crippen LogP contribution in [0.15, 0.2) is 83.8 Å². The Labute approximate surface area is 294 Å². The minimum absolute atomic E-state index is 0.0782. The van der Waals surface area contributed by atoms with Crippen molar-refractivity contribution in [3.05, 3.63) is 118 Å². The van der Waals surface area contributed by atoms with Crippen molar-refractivity contribution in [3.63, 3.8) is 0 Å². The van der Waals surface area contributed by atoms with Gasteiger partial charge in [0.05, 0.1) is 24.6 Å². The Hall–Kier alpha value is -4.90. The second-order valence-electron chi connectivity index (χ2n) is 14.1. The van der Waals surface area contributed by atoms with Crippen molar-refractivity contribution in [1.29, 1.82) is 0 Å². The molecule has 0 aliphatic carbocycles. The Balaban J connectivity index is 1.34. The van der Waals surface area contributed by atoms with Crippen LogP contribution >= 0.6 is 0 Å². The highest BCUT2D eigenvalue weighted by Gasteiger charge is 2.39. The average Bonchev–Trinajstić information content (AvgIpc) is 3.38. The van der Waals surface area contributed by atoms with Gasteiger partial charge in [-0.3, -0.25) is 9.36 Å². The number of hydrogen-bond acceptors (Lipinski definition) is 6. The maximum Gasteiger partial charge on any atom is 0.404 e. The highest BCUT2D eigenvalue weighted by atomic mass is 28.4. The first kappa shape index (κ1) is 36.4. The Morgan fingerprint density at radius 1 is 0.920 bits per heavy atom. The number of benzene rings is 3. The maximum absolute atomic E-state index is 15.0. The monoisotopic (exact) mass is 698 g/mol. The number of unbranched alkanes of at least 4 members (excludes halogenated alkanes) is 3. The van der Waals surface area contributed by atoms with Crippen molar-refractivity contribution >= 4 is 14.4 Å². The summed E-state index contributed by atoms with van der Waals surface area (Å²) in [7, 11) is -2.00. The number of ether oxygens (including phenoxy) is 2. The lowest BCUT2D eigenvalue weighted by atomic mass is 10.1. The molecule has 50 heavy (non-hydrogen) atoms. The lowest BCUT2D eigenvalue weighted by molar-refractivity contribution is 0.154. The molecule has 9 nitrogen and oxygen atoms in total. The number of primary amides is 1. The minimum Gasteiger partial charge on any atom is -0.544 e. The zero-order valence-electron chi connectivity index (χ0n) is 29.6. The quantitative estimate of drug-likeness (QED) is 0.0837. The van der Waals surface area contributed by atoms with Crippen LogP contribution in [0.5, 0.6) is 11.5 Å². The molecule has 2 aliphatic rings. The van der Waals surface area contributed by atoms with E-state index in [1.165, 1.54) is 6.07 Å². The molecule has 0 radical (unpaired) electrons. The molecule has 3 aromatic rings. The number of imidazole rings is 1. The van der Waals surface area contributed by atoms with Crippen molar-refractivity contribution in [2.75, 3.05) is 13.2 Å². The SMILES string of the molecule is CC(C)(C)[Si](C)(C)Oc1ccc(-c2cn3c(=O)c(Cc4ccc(OCCCCCCOC(N)=O)c(F)c4)nc-3c(Cc3ccccc3)[nH]2)cc1. The van der Waals surface area contributed by atoms with Gasteiger partial charge in [0.25, 0.3) is 5.56 Å². The van der Waals surface area contributed by atoms with E-state index < -0.39 is 20.2 Å². The number of halogens is 1. The van der Waals surface area contributed by atoms with E-state index in [-0.39, 0.29) is 22.8 Å². The Morgan fingerprint density at radius 3 is 2.28 bits per heavy atom. The highest BCUT2D eigenvalue weighted by Crippen LogP contribution is 2.37. The lowest BCUT2D eigenvalue weighted by Crippen LogP contribution is -2.43. The second kappa shape index (κ2) is 15.8. The van der Waals surface area contributed by atoms with Gasteiger partial charge in [0.1, 0.15) is 11.4 Å². The first-order valence-electron chi connectivity index (χ1n) is 17.1. The predicted octanol–water partition coefficient (Wildman–Crippen LogP) is 8.40. The van der Waals surface area contributed by atoms with E-state index in [0.717, 1.165) is 47.5 Å².